The molecule has 1 aliphatic rings. The molecule has 0 aromatic carbocycles. The quantitative estimate of drug-likeness (QED) is 0.839. The number of fused-ring (bicyclic) bond motifs is 1. The summed E-state index contributed by atoms with van der Waals surface area (Å²) in [6.45, 7) is 1.67. The van der Waals surface area contributed by atoms with Crippen molar-refractivity contribution in [3.8, 4) is 5.88 Å². The van der Waals surface area contributed by atoms with Crippen LogP contribution < -0.4 is 10.3 Å². The average molecular weight is 322 g/mol. The minimum atomic E-state index is -0.407. The SMILES string of the molecule is COc1ncc(F)cc1CN1CCc2[nH]c(=S)[nH]c(=O)c2C1. The summed E-state index contributed by atoms with van der Waals surface area (Å²) in [7, 11) is 1.50. The maximum absolute atomic E-state index is 13.4. The molecular formula is C14H15FN4O2S. The lowest BCUT2D eigenvalue weighted by molar-refractivity contribution is 0.236. The van der Waals surface area contributed by atoms with Crippen molar-refractivity contribution < 1.29 is 9.13 Å². The number of rotatable bonds is 3. The highest BCUT2D eigenvalue weighted by atomic mass is 32.1. The largest absolute Gasteiger partial charge is 0.481 e. The van der Waals surface area contributed by atoms with Gasteiger partial charge in [-0.1, -0.05) is 0 Å². The number of hydrogen-bond acceptors (Lipinski definition) is 5. The molecule has 3 heterocycles. The highest BCUT2D eigenvalue weighted by molar-refractivity contribution is 7.71. The van der Waals surface area contributed by atoms with Crippen LogP contribution >= 0.6 is 12.2 Å². The topological polar surface area (TPSA) is 74.0 Å². The van der Waals surface area contributed by atoms with Gasteiger partial charge in [-0.2, -0.15) is 0 Å². The molecule has 0 saturated carbocycles. The van der Waals surface area contributed by atoms with Gasteiger partial charge in [-0.05, 0) is 18.3 Å². The number of nitrogens with one attached hydrogen (secondary N) is 2. The fourth-order valence-corrected chi connectivity index (χ4v) is 2.87. The molecule has 0 spiro atoms. The van der Waals surface area contributed by atoms with Crippen LogP contribution in [0.2, 0.25) is 0 Å². The van der Waals surface area contributed by atoms with Crippen LogP contribution in [0.15, 0.2) is 17.1 Å². The van der Waals surface area contributed by atoms with Crippen LogP contribution in [0, 0.1) is 10.6 Å². The second-order valence-corrected chi connectivity index (χ2v) is 5.56. The van der Waals surface area contributed by atoms with E-state index in [1.165, 1.54) is 13.2 Å². The maximum Gasteiger partial charge on any atom is 0.256 e. The van der Waals surface area contributed by atoms with Crippen LogP contribution in [0.5, 0.6) is 5.88 Å². The molecule has 3 rings (SSSR count). The molecule has 0 bridgehead atoms. The Morgan fingerprint density at radius 1 is 1.50 bits per heavy atom. The Kier molecular flexibility index (Phi) is 4.04. The molecule has 2 aromatic rings. The first-order valence-corrected chi connectivity index (χ1v) is 7.23. The number of nitrogens with zero attached hydrogens (tertiary/aromatic N) is 2. The lowest BCUT2D eigenvalue weighted by Crippen LogP contribution is -2.35. The summed E-state index contributed by atoms with van der Waals surface area (Å²) in [6.07, 6.45) is 1.81. The zero-order valence-electron chi connectivity index (χ0n) is 12.0. The third kappa shape index (κ3) is 2.93. The molecular weight excluding hydrogens is 307 g/mol. The van der Waals surface area contributed by atoms with Crippen LogP contribution in [0.4, 0.5) is 4.39 Å². The third-order valence-corrected chi connectivity index (χ3v) is 3.87. The number of ether oxygens (including phenoxy) is 1. The number of aromatic amines is 2. The van der Waals surface area contributed by atoms with Crippen molar-refractivity contribution in [2.24, 2.45) is 0 Å². The number of halogens is 1. The molecule has 0 saturated heterocycles. The molecule has 0 atom stereocenters. The Bertz CT molecular complexity index is 817. The Labute approximate surface area is 131 Å². The smallest absolute Gasteiger partial charge is 0.256 e. The predicted molar refractivity (Wildman–Crippen MR) is 80.8 cm³/mol. The van der Waals surface area contributed by atoms with Gasteiger partial charge in [0.05, 0.1) is 18.9 Å². The van der Waals surface area contributed by atoms with Crippen molar-refractivity contribution in [2.75, 3.05) is 13.7 Å². The molecule has 2 N–H and O–H groups in total. The van der Waals surface area contributed by atoms with E-state index < -0.39 is 5.82 Å². The highest BCUT2D eigenvalue weighted by Crippen LogP contribution is 2.21. The van der Waals surface area contributed by atoms with E-state index in [-0.39, 0.29) is 5.56 Å². The van der Waals surface area contributed by atoms with Gasteiger partial charge in [-0.15, -0.1) is 0 Å². The summed E-state index contributed by atoms with van der Waals surface area (Å²) in [5, 5.41) is 0. The second-order valence-electron chi connectivity index (χ2n) is 5.15. The molecule has 8 heteroatoms. The summed E-state index contributed by atoms with van der Waals surface area (Å²) in [6, 6.07) is 1.41. The van der Waals surface area contributed by atoms with Crippen molar-refractivity contribution in [2.45, 2.75) is 19.5 Å². The van der Waals surface area contributed by atoms with Crippen LogP contribution in [0.25, 0.3) is 0 Å². The summed E-state index contributed by atoms with van der Waals surface area (Å²) in [5.74, 6) is -0.0105. The number of methoxy groups -OCH3 is 1. The van der Waals surface area contributed by atoms with Crippen molar-refractivity contribution in [1.29, 1.82) is 0 Å². The predicted octanol–water partition coefficient (Wildman–Crippen LogP) is 1.53. The van der Waals surface area contributed by atoms with Crippen LogP contribution in [0.1, 0.15) is 16.8 Å². The first kappa shape index (κ1) is 14.9. The number of hydrogen-bond donors (Lipinski definition) is 2. The second kappa shape index (κ2) is 5.98. The highest BCUT2D eigenvalue weighted by Gasteiger charge is 2.21. The van der Waals surface area contributed by atoms with Gasteiger partial charge in [0.25, 0.3) is 5.56 Å². The van der Waals surface area contributed by atoms with Crippen LogP contribution in [-0.4, -0.2) is 33.5 Å². The molecule has 1 aliphatic heterocycles. The Morgan fingerprint density at radius 2 is 2.32 bits per heavy atom. The lowest BCUT2D eigenvalue weighted by atomic mass is 10.1. The first-order valence-electron chi connectivity index (χ1n) is 6.82. The standard InChI is InChI=1S/C14H15FN4O2S/c1-21-13-8(4-9(15)5-16-13)6-19-3-2-11-10(7-19)12(20)18-14(22)17-11/h4-5H,2-3,6-7H2,1H3,(H2,17,18,20,22). The molecule has 0 amide bonds. The van der Waals surface area contributed by atoms with Gasteiger partial charge in [-0.25, -0.2) is 9.37 Å². The number of pyridine rings is 1. The van der Waals surface area contributed by atoms with Crippen molar-refractivity contribution >= 4 is 12.2 Å². The van der Waals surface area contributed by atoms with Gasteiger partial charge in [0.2, 0.25) is 5.88 Å². The lowest BCUT2D eigenvalue weighted by Gasteiger charge is -2.28. The van der Waals surface area contributed by atoms with E-state index >= 15 is 0 Å². The first-order chi connectivity index (χ1) is 10.6. The molecule has 2 aromatic heterocycles. The van der Waals surface area contributed by atoms with Crippen molar-refractivity contribution in [3.63, 3.8) is 0 Å². The van der Waals surface area contributed by atoms with Gasteiger partial charge in [0, 0.05) is 37.3 Å². The number of aromatic nitrogens is 3. The minimum Gasteiger partial charge on any atom is -0.481 e. The van der Waals surface area contributed by atoms with Gasteiger partial charge in [0.1, 0.15) is 5.82 Å². The van der Waals surface area contributed by atoms with Gasteiger partial charge in [0.15, 0.2) is 4.77 Å². The summed E-state index contributed by atoms with van der Waals surface area (Å²) >= 11 is 4.98. The monoisotopic (exact) mass is 322 g/mol. The molecule has 6 nitrogen and oxygen atoms in total. The molecule has 22 heavy (non-hydrogen) atoms. The van der Waals surface area contributed by atoms with E-state index in [1.54, 1.807) is 0 Å². The molecule has 0 fully saturated rings. The van der Waals surface area contributed by atoms with Crippen molar-refractivity contribution in [3.05, 3.63) is 50.0 Å². The average Bonchev–Trinajstić information content (AvgIpc) is 2.48. The Hall–Kier alpha value is -2.06. The van der Waals surface area contributed by atoms with E-state index in [2.05, 4.69) is 15.0 Å². The summed E-state index contributed by atoms with van der Waals surface area (Å²) in [5.41, 5.74) is 2.02. The molecule has 0 unspecified atom stereocenters. The molecule has 0 aliphatic carbocycles. The van der Waals surface area contributed by atoms with E-state index in [9.17, 15) is 9.18 Å². The van der Waals surface area contributed by atoms with E-state index in [4.69, 9.17) is 17.0 Å². The van der Waals surface area contributed by atoms with E-state index in [1.807, 2.05) is 4.90 Å². The fourth-order valence-electron chi connectivity index (χ4n) is 2.65. The molecule has 116 valence electrons. The fraction of sp³-hybridized carbons (Fsp3) is 0.357. The molecule has 0 radical (unpaired) electrons. The summed E-state index contributed by atoms with van der Waals surface area (Å²) in [4.78, 5) is 23.6. The van der Waals surface area contributed by atoms with E-state index in [0.29, 0.717) is 41.3 Å². The number of H-pyrrole nitrogens is 2. The Balaban J connectivity index is 1.85. The zero-order valence-corrected chi connectivity index (χ0v) is 12.8. The normalized spacial score (nSPS) is 14.6. The Morgan fingerprint density at radius 3 is 3.09 bits per heavy atom. The maximum atomic E-state index is 13.4. The van der Waals surface area contributed by atoms with Gasteiger partial charge < -0.3 is 9.72 Å². The van der Waals surface area contributed by atoms with Crippen molar-refractivity contribution in [1.82, 2.24) is 19.9 Å². The zero-order chi connectivity index (χ0) is 15.7. The minimum absolute atomic E-state index is 0.173. The van der Waals surface area contributed by atoms with E-state index in [0.717, 1.165) is 18.4 Å². The van der Waals surface area contributed by atoms with Gasteiger partial charge in [-0.3, -0.25) is 14.7 Å². The van der Waals surface area contributed by atoms with Gasteiger partial charge >= 0.3 is 0 Å². The van der Waals surface area contributed by atoms with Crippen LogP contribution in [0.3, 0.4) is 0 Å². The van der Waals surface area contributed by atoms with Crippen LogP contribution in [-0.2, 0) is 19.5 Å². The third-order valence-electron chi connectivity index (χ3n) is 3.67. The summed E-state index contributed by atoms with van der Waals surface area (Å²) < 4.78 is 18.9.